The molecule has 0 aliphatic heterocycles. The van der Waals surface area contributed by atoms with E-state index >= 15 is 0 Å². The van der Waals surface area contributed by atoms with Crippen LogP contribution in [0.1, 0.15) is 85.3 Å². The zero-order chi connectivity index (χ0) is 68.3. The van der Waals surface area contributed by atoms with Gasteiger partial charge in [0.1, 0.15) is 52.4 Å². The van der Waals surface area contributed by atoms with E-state index in [1.54, 1.807) is 46.8 Å². The maximum atomic E-state index is 12.4. The molecule has 0 heterocycles. The molecule has 8 rings (SSSR count). The van der Waals surface area contributed by atoms with Crippen molar-refractivity contribution in [3.8, 4) is 0 Å². The Morgan fingerprint density at radius 2 is 0.607 bits per heavy atom. The Labute approximate surface area is 495 Å². The fourth-order valence-corrected chi connectivity index (χ4v) is 6.47. The van der Waals surface area contributed by atoms with Crippen LogP contribution in [0.2, 0.25) is 0 Å². The van der Waals surface area contributed by atoms with Crippen molar-refractivity contribution in [1.29, 1.82) is 0 Å². The Hall–Kier alpha value is -8.06. The van der Waals surface area contributed by atoms with Crippen molar-refractivity contribution in [2.75, 3.05) is 0 Å². The number of halogens is 26. The van der Waals surface area contributed by atoms with Crippen LogP contribution in [0.25, 0.3) is 0 Å². The van der Waals surface area contributed by atoms with E-state index in [4.69, 9.17) is 0 Å². The zero-order valence-electron chi connectivity index (χ0n) is 47.4. The third-order valence-electron chi connectivity index (χ3n) is 11.3. The lowest BCUT2D eigenvalue weighted by atomic mass is 10.0. The molecule has 0 fully saturated rings. The van der Waals surface area contributed by atoms with Crippen molar-refractivity contribution in [3.63, 3.8) is 0 Å². The maximum absolute atomic E-state index is 12.4. The number of alkyl halides is 12. The second kappa shape index (κ2) is 34.6. The van der Waals surface area contributed by atoms with Gasteiger partial charge in [0.15, 0.2) is 23.3 Å². The molecule has 0 saturated heterocycles. The second-order valence-corrected chi connectivity index (χ2v) is 18.5. The summed E-state index contributed by atoms with van der Waals surface area (Å²) in [7, 11) is 0. The summed E-state index contributed by atoms with van der Waals surface area (Å²) in [6.07, 6.45) is -18.0. The summed E-state index contributed by atoms with van der Waals surface area (Å²) in [5.41, 5.74) is -1.48. The van der Waals surface area contributed by atoms with E-state index in [1.807, 2.05) is 0 Å². The van der Waals surface area contributed by atoms with Crippen LogP contribution in [0.4, 0.5) is 114 Å². The third-order valence-corrected chi connectivity index (χ3v) is 11.3. The molecular weight excluding hydrogens is 1250 g/mol. The molecule has 0 aliphatic rings. The minimum atomic E-state index is -4.76. The standard InChI is InChI=1S/C9H6F6.2C9H9F3.C7H3F5.C7H5F3.3C7H6F2.CH4/c1-5-2-3-6(8(10,11)12)4-7(5)9(13,14)15;1-6-3-7(2)5-8(4-6)9(10,11)12;1-6-4-3-5-8(7(6)2)9(10,11)12;1-2-3(8)5(10)7(12)6(11)4(2)9;1-4-6(9)2-5(8)3-7(4)10;1-5-2-6(8)4-7(9)3-5;1-5-2-3-6(8)4-7(5)9;1-5-6(8)3-2-4-7(5)9;/h2-4H,1H3;2*3-5H,1-2H3;1H3;2-3H,1H3;3*2-4H,1H3;1H4. The molecule has 0 nitrogen and oxygen atoms in total. The van der Waals surface area contributed by atoms with Crippen LogP contribution in [0, 0.1) is 151 Å². The summed E-state index contributed by atoms with van der Waals surface area (Å²) in [6.45, 7) is 14.3. The molecule has 0 N–H and O–H groups in total. The lowest BCUT2D eigenvalue weighted by Gasteiger charge is -2.13. The molecule has 8 aromatic rings. The van der Waals surface area contributed by atoms with Crippen LogP contribution in [0.5, 0.6) is 0 Å². The SMILES string of the molecule is C.Cc1c(F)c(F)c(F)c(F)c1F.Cc1c(F)cc(F)cc1F.Cc1c(F)cccc1F.Cc1cc(C)cc(C(F)(F)F)c1.Cc1cc(F)cc(F)c1.Cc1ccc(C(F)(F)F)cc1C(F)(F)F.Cc1ccc(F)cc1F.Cc1cccc(C(F)(F)F)c1C. The molecule has 26 heteroatoms. The van der Waals surface area contributed by atoms with Gasteiger partial charge < -0.3 is 0 Å². The average Bonchev–Trinajstić information content (AvgIpc) is 2.66. The van der Waals surface area contributed by atoms with Crippen LogP contribution in [-0.2, 0) is 24.7 Å². The zero-order valence-corrected chi connectivity index (χ0v) is 47.4. The topological polar surface area (TPSA) is 0 Å². The minimum Gasteiger partial charge on any atom is -0.207 e. The Morgan fingerprint density at radius 3 is 0.978 bits per heavy atom. The molecule has 0 unspecified atom stereocenters. The smallest absolute Gasteiger partial charge is 0.207 e. The number of rotatable bonds is 0. The van der Waals surface area contributed by atoms with Gasteiger partial charge in [-0.25, -0.2) is 61.5 Å². The Bertz CT molecular complexity index is 3350. The summed E-state index contributed by atoms with van der Waals surface area (Å²) < 4.78 is 318. The van der Waals surface area contributed by atoms with Crippen LogP contribution in [0.15, 0.2) is 121 Å². The van der Waals surface area contributed by atoms with Crippen molar-refractivity contribution in [2.45, 2.75) is 101 Å². The van der Waals surface area contributed by atoms with Gasteiger partial charge >= 0.3 is 24.7 Å². The third kappa shape index (κ3) is 27.1. The van der Waals surface area contributed by atoms with E-state index in [0.29, 0.717) is 51.6 Å². The van der Waals surface area contributed by atoms with Crippen molar-refractivity contribution >= 4 is 0 Å². The average molecular weight is 1310 g/mol. The highest BCUT2D eigenvalue weighted by atomic mass is 19.4. The summed E-state index contributed by atoms with van der Waals surface area (Å²) in [6, 6.07) is 21.8. The molecular formula is C63H54F26. The van der Waals surface area contributed by atoms with Gasteiger partial charge in [-0.15, -0.1) is 0 Å². The highest BCUT2D eigenvalue weighted by Gasteiger charge is 2.37. The Kier molecular flexibility index (Phi) is 31.5. The summed E-state index contributed by atoms with van der Waals surface area (Å²) >= 11 is 0. The summed E-state index contributed by atoms with van der Waals surface area (Å²) in [4.78, 5) is 0. The first-order valence-corrected chi connectivity index (χ1v) is 24.5. The maximum Gasteiger partial charge on any atom is 0.416 e. The molecule has 0 amide bonds. The quantitative estimate of drug-likeness (QED) is 0.0806. The number of hydrogen-bond acceptors (Lipinski definition) is 0. The van der Waals surface area contributed by atoms with E-state index in [1.165, 1.54) is 69.3 Å². The predicted octanol–water partition coefficient (Wildman–Crippen LogP) is 23.2. The molecule has 0 spiro atoms. The largest absolute Gasteiger partial charge is 0.416 e. The number of hydrogen-bond donors (Lipinski definition) is 0. The molecule has 0 aliphatic carbocycles. The molecule has 89 heavy (non-hydrogen) atoms. The van der Waals surface area contributed by atoms with Gasteiger partial charge in [0.25, 0.3) is 0 Å². The Balaban J connectivity index is 0.000000998. The van der Waals surface area contributed by atoms with Crippen molar-refractivity contribution in [3.05, 3.63) is 281 Å². The lowest BCUT2D eigenvalue weighted by Crippen LogP contribution is -2.12. The van der Waals surface area contributed by atoms with E-state index in [2.05, 4.69) is 0 Å². The molecule has 0 aromatic heterocycles. The summed E-state index contributed by atoms with van der Waals surface area (Å²) in [5, 5.41) is 0. The van der Waals surface area contributed by atoms with Crippen molar-refractivity contribution in [2.24, 2.45) is 0 Å². The highest BCUT2D eigenvalue weighted by Crippen LogP contribution is 2.37. The molecule has 488 valence electrons. The monoisotopic (exact) mass is 1300 g/mol. The van der Waals surface area contributed by atoms with E-state index in [-0.39, 0.29) is 30.2 Å². The van der Waals surface area contributed by atoms with Gasteiger partial charge in [0.05, 0.1) is 22.3 Å². The van der Waals surface area contributed by atoms with Crippen molar-refractivity contribution in [1.82, 2.24) is 0 Å². The van der Waals surface area contributed by atoms with Gasteiger partial charge in [-0.3, -0.25) is 0 Å². The minimum absolute atomic E-state index is 0. The number of benzene rings is 8. The molecule has 0 saturated carbocycles. The fraction of sp³-hybridized carbons (Fsp3) is 0.238. The molecule has 0 atom stereocenters. The molecule has 0 bridgehead atoms. The van der Waals surface area contributed by atoms with E-state index < -0.39 is 134 Å². The Morgan fingerprint density at radius 1 is 0.236 bits per heavy atom. The van der Waals surface area contributed by atoms with Crippen LogP contribution >= 0.6 is 0 Å². The van der Waals surface area contributed by atoms with Gasteiger partial charge in [0.2, 0.25) is 5.82 Å². The first kappa shape index (κ1) is 80.9. The predicted molar refractivity (Wildman–Crippen MR) is 285 cm³/mol. The van der Waals surface area contributed by atoms with E-state index in [9.17, 15) is 114 Å². The van der Waals surface area contributed by atoms with E-state index in [0.717, 1.165) is 50.2 Å². The fourth-order valence-electron chi connectivity index (χ4n) is 6.47. The van der Waals surface area contributed by atoms with Crippen molar-refractivity contribution < 1.29 is 114 Å². The van der Waals surface area contributed by atoms with Gasteiger partial charge in [-0.1, -0.05) is 55.0 Å². The first-order chi connectivity index (χ1) is 40.1. The lowest BCUT2D eigenvalue weighted by molar-refractivity contribution is -0.143. The normalized spacial score (nSPS) is 10.8. The van der Waals surface area contributed by atoms with Crippen LogP contribution in [-0.4, -0.2) is 0 Å². The molecule has 0 radical (unpaired) electrons. The van der Waals surface area contributed by atoms with Gasteiger partial charge in [-0.2, -0.15) is 52.7 Å². The second-order valence-electron chi connectivity index (χ2n) is 18.5. The van der Waals surface area contributed by atoms with Gasteiger partial charge in [0, 0.05) is 41.0 Å². The van der Waals surface area contributed by atoms with Gasteiger partial charge in [-0.05, 0) is 158 Å². The summed E-state index contributed by atoms with van der Waals surface area (Å²) in [5.74, 6) is -15.2. The van der Waals surface area contributed by atoms with Crippen LogP contribution in [0.3, 0.4) is 0 Å². The highest BCUT2D eigenvalue weighted by molar-refractivity contribution is 5.36. The molecule has 8 aromatic carbocycles. The van der Waals surface area contributed by atoms with Crippen LogP contribution < -0.4 is 0 Å². The number of aryl methyl sites for hydroxylation is 6. The first-order valence-electron chi connectivity index (χ1n) is 24.5.